The first kappa shape index (κ1) is 18.0. The molecule has 1 aliphatic rings. The van der Waals surface area contributed by atoms with Gasteiger partial charge >= 0.3 is 0 Å². The monoisotopic (exact) mass is 374 g/mol. The number of nitrogens with zero attached hydrogens (tertiary/aromatic N) is 5. The number of piperidine rings is 1. The van der Waals surface area contributed by atoms with Crippen LogP contribution in [0.5, 0.6) is 0 Å². The highest BCUT2D eigenvalue weighted by atomic mass is 16.2. The molecule has 0 saturated carbocycles. The summed E-state index contributed by atoms with van der Waals surface area (Å²) in [5, 5.41) is 11.0. The lowest BCUT2D eigenvalue weighted by molar-refractivity contribution is 0.102. The van der Waals surface area contributed by atoms with Crippen LogP contribution in [0.2, 0.25) is 0 Å². The Bertz CT molecular complexity index is 893. The van der Waals surface area contributed by atoms with Gasteiger partial charge in [-0.15, -0.1) is 10.2 Å². The van der Waals surface area contributed by atoms with Crippen molar-refractivity contribution < 1.29 is 4.79 Å². The number of carbonyl (C=O) groups is 1. The third-order valence-corrected chi connectivity index (χ3v) is 4.99. The molecule has 3 heterocycles. The van der Waals surface area contributed by atoms with E-state index in [-0.39, 0.29) is 11.6 Å². The van der Waals surface area contributed by atoms with Gasteiger partial charge in [-0.05, 0) is 42.9 Å². The van der Waals surface area contributed by atoms with Gasteiger partial charge in [0.15, 0.2) is 17.3 Å². The molecule has 3 aromatic rings. The van der Waals surface area contributed by atoms with Gasteiger partial charge in [0.25, 0.3) is 5.91 Å². The number of rotatable bonds is 5. The van der Waals surface area contributed by atoms with Crippen LogP contribution in [0, 0.1) is 5.92 Å². The molecule has 0 aliphatic carbocycles. The fourth-order valence-electron chi connectivity index (χ4n) is 3.47. The summed E-state index contributed by atoms with van der Waals surface area (Å²) in [4.78, 5) is 22.4. The van der Waals surface area contributed by atoms with Crippen molar-refractivity contribution in [2.24, 2.45) is 5.92 Å². The van der Waals surface area contributed by atoms with Crippen molar-refractivity contribution >= 4 is 17.5 Å². The highest BCUT2D eigenvalue weighted by Crippen LogP contribution is 2.24. The van der Waals surface area contributed by atoms with Crippen molar-refractivity contribution in [1.29, 1.82) is 0 Å². The summed E-state index contributed by atoms with van der Waals surface area (Å²) in [6.07, 6.45) is 7.94. The number of carbonyl (C=O) groups excluding carboxylic acids is 1. The van der Waals surface area contributed by atoms with Crippen molar-refractivity contribution in [3.63, 3.8) is 0 Å². The van der Waals surface area contributed by atoms with E-state index in [1.807, 2.05) is 6.07 Å². The zero-order chi connectivity index (χ0) is 19.2. The number of nitrogens with one attached hydrogen (secondary N) is 1. The van der Waals surface area contributed by atoms with Crippen LogP contribution < -0.4 is 10.2 Å². The molecule has 0 bridgehead atoms. The standard InChI is InChI=1S/C21H22N6O/c28-21(24-19-15-22-10-11-23-19)18-6-7-20(26-25-18)27-12-8-17(9-13-27)14-16-4-2-1-3-5-16/h1-7,10-11,15,17H,8-9,12-14H2,(H,23,24,28). The Morgan fingerprint density at radius 3 is 2.54 bits per heavy atom. The highest BCUT2D eigenvalue weighted by molar-refractivity contribution is 6.02. The van der Waals surface area contributed by atoms with Crippen LogP contribution >= 0.6 is 0 Å². The number of amides is 1. The van der Waals surface area contributed by atoms with E-state index in [0.29, 0.717) is 11.7 Å². The van der Waals surface area contributed by atoms with Crippen LogP contribution in [0.1, 0.15) is 28.9 Å². The second-order valence-corrected chi connectivity index (χ2v) is 6.94. The third kappa shape index (κ3) is 4.49. The smallest absolute Gasteiger partial charge is 0.277 e. The molecule has 1 fully saturated rings. The molecule has 0 radical (unpaired) electrons. The van der Waals surface area contributed by atoms with Gasteiger partial charge < -0.3 is 10.2 Å². The maximum atomic E-state index is 12.2. The van der Waals surface area contributed by atoms with Gasteiger partial charge in [0.05, 0.1) is 6.20 Å². The largest absolute Gasteiger partial charge is 0.355 e. The van der Waals surface area contributed by atoms with Crippen molar-refractivity contribution in [1.82, 2.24) is 20.2 Å². The van der Waals surface area contributed by atoms with E-state index in [4.69, 9.17) is 0 Å². The van der Waals surface area contributed by atoms with E-state index in [9.17, 15) is 4.79 Å². The molecule has 1 aliphatic heterocycles. The third-order valence-electron chi connectivity index (χ3n) is 4.99. The summed E-state index contributed by atoms with van der Waals surface area (Å²) in [5.74, 6) is 1.55. The molecule has 4 rings (SSSR count). The summed E-state index contributed by atoms with van der Waals surface area (Å²) < 4.78 is 0. The molecule has 1 N–H and O–H groups in total. The van der Waals surface area contributed by atoms with Crippen LogP contribution in [0.4, 0.5) is 11.6 Å². The van der Waals surface area contributed by atoms with E-state index >= 15 is 0 Å². The van der Waals surface area contributed by atoms with Gasteiger partial charge in [0, 0.05) is 25.5 Å². The number of hydrogen-bond acceptors (Lipinski definition) is 6. The predicted octanol–water partition coefficient (Wildman–Crippen LogP) is 2.98. The first-order valence-corrected chi connectivity index (χ1v) is 9.48. The highest BCUT2D eigenvalue weighted by Gasteiger charge is 2.21. The first-order valence-electron chi connectivity index (χ1n) is 9.48. The Balaban J connectivity index is 1.31. The fraction of sp³-hybridized carbons (Fsp3) is 0.286. The van der Waals surface area contributed by atoms with Crippen molar-refractivity contribution in [2.75, 3.05) is 23.3 Å². The second-order valence-electron chi connectivity index (χ2n) is 6.94. The Morgan fingerprint density at radius 2 is 1.86 bits per heavy atom. The van der Waals surface area contributed by atoms with Crippen LogP contribution in [0.15, 0.2) is 61.1 Å². The molecule has 7 nitrogen and oxygen atoms in total. The predicted molar refractivity (Wildman–Crippen MR) is 107 cm³/mol. The van der Waals surface area contributed by atoms with Gasteiger partial charge in [-0.25, -0.2) is 4.98 Å². The molecule has 2 aromatic heterocycles. The topological polar surface area (TPSA) is 83.9 Å². The maximum absolute atomic E-state index is 12.2. The zero-order valence-electron chi connectivity index (χ0n) is 15.5. The van der Waals surface area contributed by atoms with Gasteiger partial charge in [-0.1, -0.05) is 30.3 Å². The Morgan fingerprint density at radius 1 is 1.04 bits per heavy atom. The first-order chi connectivity index (χ1) is 13.8. The molecular formula is C21H22N6O. The molecule has 0 unspecified atom stereocenters. The lowest BCUT2D eigenvalue weighted by Crippen LogP contribution is -2.35. The minimum absolute atomic E-state index is 0.258. The molecule has 1 amide bonds. The average Bonchev–Trinajstić information content (AvgIpc) is 2.76. The zero-order valence-corrected chi connectivity index (χ0v) is 15.5. The summed E-state index contributed by atoms with van der Waals surface area (Å²) >= 11 is 0. The Kier molecular flexibility index (Phi) is 5.51. The summed E-state index contributed by atoms with van der Waals surface area (Å²) in [5.41, 5.74) is 1.66. The van der Waals surface area contributed by atoms with Crippen LogP contribution in [-0.2, 0) is 6.42 Å². The second kappa shape index (κ2) is 8.56. The van der Waals surface area contributed by atoms with E-state index < -0.39 is 0 Å². The molecule has 142 valence electrons. The minimum atomic E-state index is -0.346. The Labute approximate surface area is 163 Å². The minimum Gasteiger partial charge on any atom is -0.355 e. The molecule has 7 heteroatoms. The summed E-state index contributed by atoms with van der Waals surface area (Å²) in [7, 11) is 0. The van der Waals surface area contributed by atoms with Gasteiger partial charge in [0.2, 0.25) is 0 Å². The quantitative estimate of drug-likeness (QED) is 0.739. The van der Waals surface area contributed by atoms with Crippen LogP contribution in [-0.4, -0.2) is 39.2 Å². The van der Waals surface area contributed by atoms with E-state index in [2.05, 4.69) is 60.7 Å². The van der Waals surface area contributed by atoms with E-state index in [0.717, 1.165) is 38.2 Å². The van der Waals surface area contributed by atoms with Gasteiger partial charge in [-0.2, -0.15) is 0 Å². The molecule has 0 spiro atoms. The molecule has 28 heavy (non-hydrogen) atoms. The van der Waals surface area contributed by atoms with Crippen LogP contribution in [0.3, 0.4) is 0 Å². The number of benzene rings is 1. The van der Waals surface area contributed by atoms with Crippen LogP contribution in [0.25, 0.3) is 0 Å². The normalized spacial score (nSPS) is 14.6. The van der Waals surface area contributed by atoms with Crippen molar-refractivity contribution in [3.05, 3.63) is 72.3 Å². The summed E-state index contributed by atoms with van der Waals surface area (Å²) in [6.45, 7) is 1.91. The lowest BCUT2D eigenvalue weighted by atomic mass is 9.90. The van der Waals surface area contributed by atoms with Gasteiger partial charge in [-0.3, -0.25) is 9.78 Å². The van der Waals surface area contributed by atoms with Crippen molar-refractivity contribution in [2.45, 2.75) is 19.3 Å². The Hall–Kier alpha value is -3.35. The fourth-order valence-corrected chi connectivity index (χ4v) is 3.47. The molecule has 0 atom stereocenters. The van der Waals surface area contributed by atoms with Crippen molar-refractivity contribution in [3.8, 4) is 0 Å². The molecule has 1 aromatic carbocycles. The molecular weight excluding hydrogens is 352 g/mol. The lowest BCUT2D eigenvalue weighted by Gasteiger charge is -2.32. The van der Waals surface area contributed by atoms with E-state index in [1.54, 1.807) is 12.3 Å². The number of anilines is 2. The number of aromatic nitrogens is 4. The molecule has 1 saturated heterocycles. The average molecular weight is 374 g/mol. The van der Waals surface area contributed by atoms with Gasteiger partial charge in [0.1, 0.15) is 0 Å². The summed E-state index contributed by atoms with van der Waals surface area (Å²) in [6, 6.07) is 14.2. The number of hydrogen-bond donors (Lipinski definition) is 1. The SMILES string of the molecule is O=C(Nc1cnccn1)c1ccc(N2CCC(Cc3ccccc3)CC2)nn1. The van der Waals surface area contributed by atoms with E-state index in [1.165, 1.54) is 18.0 Å². The maximum Gasteiger partial charge on any atom is 0.277 e.